The number of hydrogen-bond acceptors (Lipinski definition) is 7. The number of nitrogens with zero attached hydrogens (tertiary/aromatic N) is 2. The Morgan fingerprint density at radius 2 is 1.93 bits per heavy atom. The average Bonchev–Trinajstić information content (AvgIpc) is 3.22. The van der Waals surface area contributed by atoms with Gasteiger partial charge >= 0.3 is 5.97 Å². The number of fused-ring (bicyclic) bond motifs is 1. The van der Waals surface area contributed by atoms with Crippen LogP contribution in [0.4, 0.5) is 5.69 Å². The third-order valence-corrected chi connectivity index (χ3v) is 4.41. The molecular formula is C21H23N3O6. The number of carbonyl (C=O) groups excluding carboxylic acids is 3. The molecule has 30 heavy (non-hydrogen) atoms. The van der Waals surface area contributed by atoms with Gasteiger partial charge in [-0.2, -0.15) is 0 Å². The monoisotopic (exact) mass is 413 g/mol. The first-order valence-corrected chi connectivity index (χ1v) is 9.41. The molecule has 0 radical (unpaired) electrons. The quantitative estimate of drug-likeness (QED) is 0.614. The molecule has 2 N–H and O–H groups in total. The summed E-state index contributed by atoms with van der Waals surface area (Å²) in [7, 11) is 0. The van der Waals surface area contributed by atoms with Gasteiger partial charge in [-0.15, -0.1) is 4.73 Å². The summed E-state index contributed by atoms with van der Waals surface area (Å²) in [5.74, 6) is -1.38. The Bertz CT molecular complexity index is 1150. The number of hydrogen-bond donors (Lipinski definition) is 2. The van der Waals surface area contributed by atoms with Gasteiger partial charge < -0.3 is 19.8 Å². The lowest BCUT2D eigenvalue weighted by atomic mass is 9.98. The van der Waals surface area contributed by atoms with Gasteiger partial charge in [0.2, 0.25) is 5.88 Å². The Morgan fingerprint density at radius 3 is 2.50 bits per heavy atom. The van der Waals surface area contributed by atoms with Crippen molar-refractivity contribution in [3.8, 4) is 5.88 Å². The smallest absolute Gasteiger partial charge is 0.338 e. The lowest BCUT2D eigenvalue weighted by molar-refractivity contribution is -0.153. The molecule has 0 aliphatic rings. The van der Waals surface area contributed by atoms with Gasteiger partial charge in [0, 0.05) is 23.6 Å². The first-order chi connectivity index (χ1) is 14.0. The summed E-state index contributed by atoms with van der Waals surface area (Å²) in [6.07, 6.45) is 0.157. The summed E-state index contributed by atoms with van der Waals surface area (Å²) in [6.45, 7) is 8.34. The summed E-state index contributed by atoms with van der Waals surface area (Å²) in [5.41, 5.74) is -0.0643. The van der Waals surface area contributed by atoms with Crippen molar-refractivity contribution in [1.82, 2.24) is 9.89 Å². The van der Waals surface area contributed by atoms with Crippen LogP contribution in [0.3, 0.4) is 0 Å². The van der Waals surface area contributed by atoms with Crippen LogP contribution in [-0.4, -0.2) is 32.7 Å². The highest BCUT2D eigenvalue weighted by Crippen LogP contribution is 2.34. The van der Waals surface area contributed by atoms with E-state index in [1.165, 1.54) is 12.1 Å². The number of Topliss-reactive ketones (excluding diaryl/α,β-unsaturated/α-hetero) is 1. The summed E-state index contributed by atoms with van der Waals surface area (Å²) in [6, 6.07) is 6.14. The molecule has 1 aromatic carbocycles. The highest BCUT2D eigenvalue weighted by molar-refractivity contribution is 6.11. The normalized spacial score (nSPS) is 11.5. The van der Waals surface area contributed by atoms with E-state index < -0.39 is 23.2 Å². The molecule has 3 aromatic rings. The van der Waals surface area contributed by atoms with Crippen molar-refractivity contribution in [2.45, 2.75) is 41.0 Å². The van der Waals surface area contributed by atoms with Gasteiger partial charge in [-0.1, -0.05) is 12.1 Å². The highest BCUT2D eigenvalue weighted by Gasteiger charge is 2.29. The number of benzene rings is 1. The molecule has 1 amide bonds. The fraction of sp³-hybridized carbons (Fsp3) is 0.333. The van der Waals surface area contributed by atoms with E-state index >= 15 is 0 Å². The molecule has 9 nitrogen and oxygen atoms in total. The molecule has 0 fully saturated rings. The molecule has 3 rings (SSSR count). The van der Waals surface area contributed by atoms with Crippen LogP contribution < -0.4 is 10.2 Å². The molecule has 0 unspecified atom stereocenters. The molecule has 0 aliphatic carbocycles. The van der Waals surface area contributed by atoms with Gasteiger partial charge in [-0.3, -0.25) is 9.59 Å². The van der Waals surface area contributed by atoms with Gasteiger partial charge in [0.15, 0.2) is 11.5 Å². The number of carbonyl (C=O) groups is 3. The van der Waals surface area contributed by atoms with Crippen LogP contribution in [0.15, 0.2) is 28.8 Å². The van der Waals surface area contributed by atoms with E-state index in [1.54, 1.807) is 46.8 Å². The second kappa shape index (κ2) is 7.66. The fourth-order valence-corrected chi connectivity index (χ4v) is 2.76. The number of rotatable bonds is 5. The van der Waals surface area contributed by atoms with Crippen molar-refractivity contribution >= 4 is 34.3 Å². The second-order valence-electron chi connectivity index (χ2n) is 7.91. The molecule has 0 saturated carbocycles. The summed E-state index contributed by atoms with van der Waals surface area (Å²) in [5, 5.41) is 17.4. The van der Waals surface area contributed by atoms with Crippen LogP contribution in [0.1, 0.15) is 60.7 Å². The molecule has 0 bridgehead atoms. The number of aromatic nitrogens is 2. The van der Waals surface area contributed by atoms with Gasteiger partial charge in [-0.25, -0.2) is 4.79 Å². The zero-order chi connectivity index (χ0) is 22.2. The molecule has 9 heteroatoms. The Kier molecular flexibility index (Phi) is 5.39. The second-order valence-corrected chi connectivity index (χ2v) is 7.91. The third-order valence-electron chi connectivity index (χ3n) is 4.41. The minimum atomic E-state index is -0.839. The number of amides is 1. The van der Waals surface area contributed by atoms with E-state index in [0.717, 1.165) is 4.73 Å². The van der Waals surface area contributed by atoms with E-state index in [1.807, 2.05) is 0 Å². The number of ketones is 1. The first-order valence-electron chi connectivity index (χ1n) is 9.41. The zero-order valence-electron chi connectivity index (χ0n) is 17.4. The lowest BCUT2D eigenvalue weighted by Crippen LogP contribution is -2.31. The number of nitrogens with one attached hydrogen (secondary N) is 1. The first kappa shape index (κ1) is 21.1. The van der Waals surface area contributed by atoms with E-state index in [2.05, 4.69) is 10.5 Å². The van der Waals surface area contributed by atoms with Crippen LogP contribution in [0.25, 0.3) is 10.9 Å². The van der Waals surface area contributed by atoms with E-state index in [9.17, 15) is 19.5 Å². The summed E-state index contributed by atoms with van der Waals surface area (Å²) >= 11 is 0. The average molecular weight is 413 g/mol. The molecule has 0 atom stereocenters. The van der Waals surface area contributed by atoms with Crippen LogP contribution in [-0.2, 0) is 4.79 Å². The zero-order valence-corrected chi connectivity index (χ0v) is 17.4. The number of aryl methyl sites for hydroxylation is 1. The van der Waals surface area contributed by atoms with Crippen LogP contribution in [0.2, 0.25) is 0 Å². The number of aromatic hydroxyl groups is 1. The van der Waals surface area contributed by atoms with Crippen molar-refractivity contribution < 1.29 is 28.9 Å². The maximum absolute atomic E-state index is 12.4. The summed E-state index contributed by atoms with van der Waals surface area (Å²) in [4.78, 5) is 42.5. The van der Waals surface area contributed by atoms with Crippen molar-refractivity contribution in [2.24, 2.45) is 5.41 Å². The van der Waals surface area contributed by atoms with Crippen molar-refractivity contribution in [1.29, 1.82) is 0 Å². The van der Waals surface area contributed by atoms with Gasteiger partial charge in [0.05, 0.1) is 16.5 Å². The van der Waals surface area contributed by atoms with E-state index in [4.69, 9.17) is 9.36 Å². The van der Waals surface area contributed by atoms with Crippen LogP contribution in [0, 0.1) is 12.3 Å². The predicted molar refractivity (Wildman–Crippen MR) is 108 cm³/mol. The van der Waals surface area contributed by atoms with Gasteiger partial charge in [-0.05, 0) is 45.9 Å². The number of anilines is 1. The maximum Gasteiger partial charge on any atom is 0.338 e. The highest BCUT2D eigenvalue weighted by atomic mass is 16.7. The SMILES string of the molecule is CCC(=O)c1c(O)n(OC(=O)C(C)(C)C)c2cc(NC(=O)c3cc(C)on3)ccc12. The van der Waals surface area contributed by atoms with Crippen molar-refractivity contribution in [2.75, 3.05) is 5.32 Å². The minimum absolute atomic E-state index is 0.0548. The third kappa shape index (κ3) is 3.91. The molecule has 0 saturated heterocycles. The Morgan fingerprint density at radius 1 is 1.23 bits per heavy atom. The topological polar surface area (TPSA) is 124 Å². The molecule has 2 heterocycles. The Hall–Kier alpha value is -3.62. The van der Waals surface area contributed by atoms with Crippen molar-refractivity contribution in [3.63, 3.8) is 0 Å². The largest absolute Gasteiger partial charge is 0.492 e. The van der Waals surface area contributed by atoms with Gasteiger partial charge in [0.1, 0.15) is 5.76 Å². The Labute approximate surface area is 172 Å². The van der Waals surface area contributed by atoms with Crippen LogP contribution >= 0.6 is 0 Å². The van der Waals surface area contributed by atoms with Crippen LogP contribution in [0.5, 0.6) is 5.88 Å². The van der Waals surface area contributed by atoms with E-state index in [-0.39, 0.29) is 29.0 Å². The molecule has 158 valence electrons. The standard InChI is InChI=1S/C21H23N3O6/c1-6-16(25)17-13-8-7-12(22-18(26)14-9-11(2)29-23-14)10-15(13)24(19(17)27)30-20(28)21(3,4)5/h7-10,27H,6H2,1-5H3,(H,22,26). The Balaban J connectivity index is 2.07. The van der Waals surface area contributed by atoms with Gasteiger partial charge in [0.25, 0.3) is 5.91 Å². The fourth-order valence-electron chi connectivity index (χ4n) is 2.76. The lowest BCUT2D eigenvalue weighted by Gasteiger charge is -2.17. The predicted octanol–water partition coefficient (Wildman–Crippen LogP) is 3.49. The molecular weight excluding hydrogens is 390 g/mol. The maximum atomic E-state index is 12.4. The minimum Gasteiger partial charge on any atom is -0.492 e. The van der Waals surface area contributed by atoms with Crippen molar-refractivity contribution in [3.05, 3.63) is 41.3 Å². The van der Waals surface area contributed by atoms with E-state index in [0.29, 0.717) is 16.8 Å². The molecule has 0 spiro atoms. The molecule has 0 aliphatic heterocycles. The summed E-state index contributed by atoms with van der Waals surface area (Å²) < 4.78 is 5.82. The molecule has 2 aromatic heterocycles.